The zero-order valence-corrected chi connectivity index (χ0v) is 17.5. The average molecular weight is 399 g/mol. The van der Waals surface area contributed by atoms with E-state index in [9.17, 15) is 9.59 Å². The van der Waals surface area contributed by atoms with Gasteiger partial charge in [0, 0.05) is 18.7 Å². The van der Waals surface area contributed by atoms with Crippen LogP contribution in [0.25, 0.3) is 0 Å². The van der Waals surface area contributed by atoms with Crippen LogP contribution in [0.2, 0.25) is 0 Å². The molecule has 156 valence electrons. The highest BCUT2D eigenvalue weighted by Gasteiger charge is 2.22. The van der Waals surface area contributed by atoms with Crippen molar-refractivity contribution in [3.63, 3.8) is 0 Å². The molecule has 6 nitrogen and oxygen atoms in total. The molecule has 0 aliphatic rings. The zero-order valence-electron chi connectivity index (χ0n) is 17.5. The van der Waals surface area contributed by atoms with Gasteiger partial charge in [-0.15, -0.1) is 0 Å². The van der Waals surface area contributed by atoms with Crippen molar-refractivity contribution in [3.8, 4) is 11.5 Å². The number of likely N-dealkylation sites (N-methyl/N-ethyl adjacent to an activating group) is 1. The third kappa shape index (κ3) is 6.24. The molecular weight excluding hydrogens is 370 g/mol. The quantitative estimate of drug-likeness (QED) is 0.655. The molecule has 0 bridgehead atoms. The van der Waals surface area contributed by atoms with Crippen molar-refractivity contribution in [1.29, 1.82) is 0 Å². The van der Waals surface area contributed by atoms with Gasteiger partial charge in [0.15, 0.2) is 18.1 Å². The zero-order chi connectivity index (χ0) is 21.4. The fraction of sp³-hybridized carbons (Fsp3) is 0.391. The molecule has 0 aliphatic heterocycles. The van der Waals surface area contributed by atoms with Gasteiger partial charge in [0.1, 0.15) is 0 Å². The number of ether oxygens (including phenoxy) is 2. The Labute approximate surface area is 172 Å². The molecule has 2 rings (SSSR count). The summed E-state index contributed by atoms with van der Waals surface area (Å²) in [7, 11) is 1.81. The van der Waals surface area contributed by atoms with Crippen molar-refractivity contribution >= 4 is 11.9 Å². The standard InChI is InChI=1S/C23H29NO5/c1-5-19(13-17-9-7-16(3)8-10-17)24(4)23(27)18-11-12-20(29-15-22(25)26)21(14-18)28-6-2/h7-12,14,19H,5-6,13,15H2,1-4H3,(H,25,26). The number of nitrogens with zero attached hydrogens (tertiary/aromatic N) is 1. The van der Waals surface area contributed by atoms with Crippen molar-refractivity contribution in [1.82, 2.24) is 4.90 Å². The van der Waals surface area contributed by atoms with E-state index in [2.05, 4.69) is 38.1 Å². The summed E-state index contributed by atoms with van der Waals surface area (Å²) >= 11 is 0. The van der Waals surface area contributed by atoms with E-state index in [0.29, 0.717) is 23.7 Å². The Morgan fingerprint density at radius 3 is 2.31 bits per heavy atom. The van der Waals surface area contributed by atoms with E-state index in [1.54, 1.807) is 30.1 Å². The monoisotopic (exact) mass is 399 g/mol. The number of benzene rings is 2. The third-order valence-electron chi connectivity index (χ3n) is 4.77. The van der Waals surface area contributed by atoms with Crippen LogP contribution in [0.15, 0.2) is 42.5 Å². The molecule has 29 heavy (non-hydrogen) atoms. The molecule has 0 saturated carbocycles. The molecule has 0 fully saturated rings. The minimum Gasteiger partial charge on any atom is -0.490 e. The molecule has 1 N–H and O–H groups in total. The number of aryl methyl sites for hydroxylation is 1. The number of aliphatic carboxylic acids is 1. The van der Waals surface area contributed by atoms with Crippen LogP contribution in [-0.4, -0.2) is 48.2 Å². The number of hydrogen-bond acceptors (Lipinski definition) is 4. The average Bonchev–Trinajstić information content (AvgIpc) is 2.71. The van der Waals surface area contributed by atoms with Crippen molar-refractivity contribution in [2.24, 2.45) is 0 Å². The first kappa shape index (κ1) is 22.3. The Kier molecular flexibility index (Phi) is 8.07. The van der Waals surface area contributed by atoms with E-state index < -0.39 is 12.6 Å². The van der Waals surface area contributed by atoms with Gasteiger partial charge in [-0.05, 0) is 50.5 Å². The molecule has 6 heteroatoms. The maximum absolute atomic E-state index is 13.1. The van der Waals surface area contributed by atoms with Gasteiger partial charge in [0.2, 0.25) is 0 Å². The Morgan fingerprint density at radius 1 is 1.03 bits per heavy atom. The second kappa shape index (κ2) is 10.5. The van der Waals surface area contributed by atoms with Gasteiger partial charge in [-0.3, -0.25) is 4.79 Å². The normalized spacial score (nSPS) is 11.6. The van der Waals surface area contributed by atoms with Crippen LogP contribution in [0, 0.1) is 6.92 Å². The Hall–Kier alpha value is -3.02. The van der Waals surface area contributed by atoms with Gasteiger partial charge in [0.25, 0.3) is 5.91 Å². The second-order valence-corrected chi connectivity index (χ2v) is 6.94. The van der Waals surface area contributed by atoms with E-state index in [0.717, 1.165) is 12.8 Å². The summed E-state index contributed by atoms with van der Waals surface area (Å²) in [5, 5.41) is 8.81. The van der Waals surface area contributed by atoms with Gasteiger partial charge in [0.05, 0.1) is 6.61 Å². The first-order chi connectivity index (χ1) is 13.8. The maximum atomic E-state index is 13.1. The topological polar surface area (TPSA) is 76.1 Å². The Bertz CT molecular complexity index is 832. The third-order valence-corrected chi connectivity index (χ3v) is 4.77. The van der Waals surface area contributed by atoms with Crippen molar-refractivity contribution in [3.05, 3.63) is 59.2 Å². The van der Waals surface area contributed by atoms with Crippen molar-refractivity contribution < 1.29 is 24.2 Å². The minimum absolute atomic E-state index is 0.0590. The van der Waals surface area contributed by atoms with Gasteiger partial charge in [-0.25, -0.2) is 4.79 Å². The van der Waals surface area contributed by atoms with E-state index >= 15 is 0 Å². The molecule has 0 aliphatic carbocycles. The van der Waals surface area contributed by atoms with Crippen LogP contribution in [0.3, 0.4) is 0 Å². The fourth-order valence-electron chi connectivity index (χ4n) is 3.09. The highest BCUT2D eigenvalue weighted by molar-refractivity contribution is 5.95. The molecule has 1 amide bonds. The molecule has 0 radical (unpaired) electrons. The summed E-state index contributed by atoms with van der Waals surface area (Å²) in [6.45, 7) is 5.84. The second-order valence-electron chi connectivity index (χ2n) is 6.94. The maximum Gasteiger partial charge on any atom is 0.341 e. The smallest absolute Gasteiger partial charge is 0.341 e. The lowest BCUT2D eigenvalue weighted by Gasteiger charge is -2.28. The Morgan fingerprint density at radius 2 is 1.72 bits per heavy atom. The lowest BCUT2D eigenvalue weighted by atomic mass is 10.0. The van der Waals surface area contributed by atoms with Crippen LogP contribution in [-0.2, 0) is 11.2 Å². The fourth-order valence-corrected chi connectivity index (χ4v) is 3.09. The van der Waals surface area contributed by atoms with Crippen molar-refractivity contribution in [2.75, 3.05) is 20.3 Å². The van der Waals surface area contributed by atoms with Crippen LogP contribution < -0.4 is 9.47 Å². The van der Waals surface area contributed by atoms with Gasteiger partial charge in [-0.2, -0.15) is 0 Å². The minimum atomic E-state index is -1.07. The molecule has 2 aromatic rings. The Balaban J connectivity index is 2.18. The van der Waals surface area contributed by atoms with E-state index in [-0.39, 0.29) is 11.9 Å². The molecule has 0 heterocycles. The number of carbonyl (C=O) groups is 2. The number of carbonyl (C=O) groups excluding carboxylic acids is 1. The summed E-state index contributed by atoms with van der Waals surface area (Å²) in [6.07, 6.45) is 1.60. The van der Waals surface area contributed by atoms with E-state index in [1.165, 1.54) is 11.1 Å². The number of carboxylic acids is 1. The van der Waals surface area contributed by atoms with Gasteiger partial charge >= 0.3 is 5.97 Å². The summed E-state index contributed by atoms with van der Waals surface area (Å²) in [5.41, 5.74) is 2.87. The SMILES string of the molecule is CCOc1cc(C(=O)N(C)C(CC)Cc2ccc(C)cc2)ccc1OCC(=O)O. The lowest BCUT2D eigenvalue weighted by Crippen LogP contribution is -2.38. The summed E-state index contributed by atoms with van der Waals surface area (Å²) in [5.74, 6) is -0.524. The van der Waals surface area contributed by atoms with Gasteiger partial charge in [-0.1, -0.05) is 36.8 Å². The first-order valence-corrected chi connectivity index (χ1v) is 9.79. The highest BCUT2D eigenvalue weighted by atomic mass is 16.5. The molecule has 1 unspecified atom stereocenters. The molecule has 2 aromatic carbocycles. The number of carboxylic acid groups (broad SMARTS) is 1. The molecule has 0 aromatic heterocycles. The summed E-state index contributed by atoms with van der Waals surface area (Å²) in [4.78, 5) is 25.6. The molecule has 0 spiro atoms. The highest BCUT2D eigenvalue weighted by Crippen LogP contribution is 2.29. The van der Waals surface area contributed by atoms with Crippen LogP contribution in [0.5, 0.6) is 11.5 Å². The molecule has 1 atom stereocenters. The summed E-state index contributed by atoms with van der Waals surface area (Å²) < 4.78 is 10.8. The number of hydrogen-bond donors (Lipinski definition) is 1. The van der Waals surface area contributed by atoms with Crippen LogP contribution in [0.4, 0.5) is 0 Å². The van der Waals surface area contributed by atoms with E-state index in [4.69, 9.17) is 14.6 Å². The predicted octanol–water partition coefficient (Wildman–Crippen LogP) is 3.95. The van der Waals surface area contributed by atoms with Crippen LogP contribution in [0.1, 0.15) is 41.8 Å². The largest absolute Gasteiger partial charge is 0.490 e. The van der Waals surface area contributed by atoms with E-state index in [1.807, 2.05) is 6.92 Å². The summed E-state index contributed by atoms with van der Waals surface area (Å²) in [6, 6.07) is 13.2. The first-order valence-electron chi connectivity index (χ1n) is 9.79. The van der Waals surface area contributed by atoms with Crippen molar-refractivity contribution in [2.45, 2.75) is 39.7 Å². The van der Waals surface area contributed by atoms with Gasteiger partial charge < -0.3 is 19.5 Å². The van der Waals surface area contributed by atoms with Crippen LogP contribution >= 0.6 is 0 Å². The molecule has 0 saturated heterocycles. The number of amides is 1. The lowest BCUT2D eigenvalue weighted by molar-refractivity contribution is -0.139. The predicted molar refractivity (Wildman–Crippen MR) is 112 cm³/mol. The molecular formula is C23H29NO5. The number of rotatable bonds is 10.